The fourth-order valence-electron chi connectivity index (χ4n) is 1.57. The fraction of sp³-hybridized carbons (Fsp3) is 0.429. The van der Waals surface area contributed by atoms with Crippen molar-refractivity contribution in [2.45, 2.75) is 24.6 Å². The number of nitrogen functional groups attached to an aromatic ring is 1. The van der Waals surface area contributed by atoms with Crippen LogP contribution in [0.15, 0.2) is 18.2 Å². The maximum Gasteiger partial charge on any atom is 0.433 e. The topological polar surface area (TPSA) is 101 Å². The van der Waals surface area contributed by atoms with Crippen molar-refractivity contribution in [3.8, 4) is 11.8 Å². The third kappa shape index (κ3) is 6.20. The minimum atomic E-state index is -4.95. The van der Waals surface area contributed by atoms with Crippen LogP contribution >= 0.6 is 11.6 Å². The molecule has 0 heterocycles. The molecule has 0 aliphatic heterocycles. The molecule has 1 unspecified atom stereocenters. The Hall–Kier alpha value is -1.47. The second-order valence-electron chi connectivity index (χ2n) is 5.22. The van der Waals surface area contributed by atoms with Crippen molar-refractivity contribution in [3.63, 3.8) is 0 Å². The van der Waals surface area contributed by atoms with Gasteiger partial charge in [0.2, 0.25) is 5.60 Å². The standard InChI is InChI=1S/C13H11ClF3NO.CH4O3S/c14-9-3-4-11(18)10(7-9)12(19,13(15,16)17)6-5-8-1-2-8;1-5(2,3)4/h3-4,7-8,19H,1-2,18H2;1H3,(H,2,3,4). The molecule has 1 fully saturated rings. The first-order valence-corrected chi connectivity index (χ1v) is 8.76. The predicted octanol–water partition coefficient (Wildman–Crippen LogP) is 2.59. The number of nitrogens with two attached hydrogens (primary N) is 1. The molecule has 24 heavy (non-hydrogen) atoms. The second-order valence-corrected chi connectivity index (χ2v) is 7.12. The average Bonchev–Trinajstić information content (AvgIpc) is 3.19. The lowest BCUT2D eigenvalue weighted by molar-refractivity contribution is -0.240. The van der Waals surface area contributed by atoms with E-state index in [1.165, 1.54) is 12.1 Å². The third-order valence-electron chi connectivity index (χ3n) is 2.85. The van der Waals surface area contributed by atoms with E-state index in [1.807, 2.05) is 5.92 Å². The molecule has 0 spiro atoms. The van der Waals surface area contributed by atoms with E-state index in [0.29, 0.717) is 6.26 Å². The van der Waals surface area contributed by atoms with Crippen LogP contribution in [-0.2, 0) is 15.7 Å². The zero-order valence-corrected chi connectivity index (χ0v) is 14.0. The largest absolute Gasteiger partial charge is 0.433 e. The maximum absolute atomic E-state index is 13.1. The van der Waals surface area contributed by atoms with Crippen LogP contribution in [0.1, 0.15) is 18.4 Å². The molecule has 1 saturated carbocycles. The number of benzene rings is 1. The highest BCUT2D eigenvalue weighted by atomic mass is 35.5. The molecule has 0 amide bonds. The van der Waals surface area contributed by atoms with E-state index in [-0.39, 0.29) is 16.6 Å². The minimum Gasteiger partial charge on any atom is -0.398 e. The summed E-state index contributed by atoms with van der Waals surface area (Å²) in [5, 5.41) is 10.0. The van der Waals surface area contributed by atoms with E-state index in [2.05, 4.69) is 5.92 Å². The molecule has 1 atom stereocenters. The van der Waals surface area contributed by atoms with Gasteiger partial charge in [-0.2, -0.15) is 21.6 Å². The van der Waals surface area contributed by atoms with Gasteiger partial charge in [0, 0.05) is 22.2 Å². The van der Waals surface area contributed by atoms with Crippen molar-refractivity contribution in [1.82, 2.24) is 0 Å². The van der Waals surface area contributed by atoms with Crippen LogP contribution in [0, 0.1) is 17.8 Å². The van der Waals surface area contributed by atoms with Gasteiger partial charge in [-0.25, -0.2) is 0 Å². The van der Waals surface area contributed by atoms with Gasteiger partial charge in [-0.05, 0) is 31.0 Å². The molecule has 1 aliphatic carbocycles. The number of rotatable bonds is 1. The Morgan fingerprint density at radius 2 is 1.83 bits per heavy atom. The van der Waals surface area contributed by atoms with Crippen LogP contribution in [0.5, 0.6) is 0 Å². The van der Waals surface area contributed by atoms with E-state index in [9.17, 15) is 26.7 Å². The summed E-state index contributed by atoms with van der Waals surface area (Å²) in [6.07, 6.45) is -2.72. The number of aliphatic hydroxyl groups is 1. The van der Waals surface area contributed by atoms with Gasteiger partial charge >= 0.3 is 6.18 Å². The monoisotopic (exact) mass is 385 g/mol. The Bertz CT molecular complexity index is 758. The van der Waals surface area contributed by atoms with Gasteiger partial charge < -0.3 is 10.8 Å². The summed E-state index contributed by atoms with van der Waals surface area (Å²) in [6, 6.07) is 3.56. The van der Waals surface area contributed by atoms with Crippen molar-refractivity contribution in [2.24, 2.45) is 5.92 Å². The van der Waals surface area contributed by atoms with Crippen LogP contribution in [0.4, 0.5) is 18.9 Å². The van der Waals surface area contributed by atoms with Crippen molar-refractivity contribution in [1.29, 1.82) is 0 Å². The van der Waals surface area contributed by atoms with Gasteiger partial charge in [0.1, 0.15) is 0 Å². The molecule has 1 aliphatic rings. The van der Waals surface area contributed by atoms with Gasteiger partial charge in [-0.15, -0.1) is 0 Å². The molecule has 1 aromatic rings. The Morgan fingerprint density at radius 1 is 1.33 bits per heavy atom. The van der Waals surface area contributed by atoms with E-state index < -0.39 is 27.5 Å². The molecule has 10 heteroatoms. The quantitative estimate of drug-likeness (QED) is 0.392. The lowest BCUT2D eigenvalue weighted by atomic mass is 9.92. The zero-order chi connectivity index (χ0) is 18.8. The molecule has 0 saturated heterocycles. The van der Waals surface area contributed by atoms with Crippen LogP contribution in [0.2, 0.25) is 5.02 Å². The number of alkyl halides is 3. The van der Waals surface area contributed by atoms with Crippen molar-refractivity contribution in [2.75, 3.05) is 12.0 Å². The molecular weight excluding hydrogens is 371 g/mol. The average molecular weight is 386 g/mol. The smallest absolute Gasteiger partial charge is 0.398 e. The maximum atomic E-state index is 13.1. The summed E-state index contributed by atoms with van der Waals surface area (Å²) < 4.78 is 65.2. The summed E-state index contributed by atoms with van der Waals surface area (Å²) in [5.41, 5.74) is 1.49. The summed E-state index contributed by atoms with van der Waals surface area (Å²) in [6.45, 7) is 0. The normalized spacial score (nSPS) is 17.0. The van der Waals surface area contributed by atoms with Gasteiger partial charge in [-0.3, -0.25) is 4.55 Å². The second kappa shape index (κ2) is 7.19. The molecule has 0 radical (unpaired) electrons. The molecule has 2 rings (SSSR count). The molecular formula is C14H15ClF3NO4S. The minimum absolute atomic E-state index is 0.0556. The molecule has 0 bridgehead atoms. The first-order valence-electron chi connectivity index (χ1n) is 6.54. The molecule has 134 valence electrons. The van der Waals surface area contributed by atoms with Crippen molar-refractivity contribution >= 4 is 27.4 Å². The Balaban J connectivity index is 0.000000505. The SMILES string of the molecule is CS(=O)(=O)O.Nc1ccc(Cl)cc1C(O)(C#CC1CC1)C(F)(F)F. The summed E-state index contributed by atoms with van der Waals surface area (Å²) in [7, 11) is -3.67. The first-order chi connectivity index (χ1) is 10.7. The van der Waals surface area contributed by atoms with Crippen molar-refractivity contribution < 1.29 is 31.2 Å². The van der Waals surface area contributed by atoms with E-state index in [4.69, 9.17) is 21.9 Å². The lowest BCUT2D eigenvalue weighted by Crippen LogP contribution is -2.41. The molecule has 1 aromatic carbocycles. The number of anilines is 1. The van der Waals surface area contributed by atoms with Gasteiger partial charge in [-0.1, -0.05) is 23.4 Å². The lowest BCUT2D eigenvalue weighted by Gasteiger charge is -2.27. The third-order valence-corrected chi connectivity index (χ3v) is 3.09. The number of halogens is 4. The fourth-order valence-corrected chi connectivity index (χ4v) is 1.74. The molecule has 5 nitrogen and oxygen atoms in total. The van der Waals surface area contributed by atoms with E-state index in [1.54, 1.807) is 0 Å². The predicted molar refractivity (Wildman–Crippen MR) is 83.8 cm³/mol. The summed E-state index contributed by atoms with van der Waals surface area (Å²) >= 11 is 5.67. The number of hydrogen-bond donors (Lipinski definition) is 3. The summed E-state index contributed by atoms with van der Waals surface area (Å²) in [5.74, 6) is 4.28. The van der Waals surface area contributed by atoms with Crippen LogP contribution < -0.4 is 5.73 Å². The summed E-state index contributed by atoms with van der Waals surface area (Å²) in [4.78, 5) is 0. The molecule has 4 N–H and O–H groups in total. The van der Waals surface area contributed by atoms with E-state index in [0.717, 1.165) is 18.9 Å². The zero-order valence-electron chi connectivity index (χ0n) is 12.4. The Kier molecular flexibility index (Phi) is 6.16. The highest BCUT2D eigenvalue weighted by Gasteiger charge is 2.55. The highest BCUT2D eigenvalue weighted by molar-refractivity contribution is 7.85. The molecule has 0 aromatic heterocycles. The number of hydrogen-bond acceptors (Lipinski definition) is 4. The van der Waals surface area contributed by atoms with Gasteiger partial charge in [0.15, 0.2) is 0 Å². The van der Waals surface area contributed by atoms with Gasteiger partial charge in [0.05, 0.1) is 6.26 Å². The first kappa shape index (κ1) is 20.6. The highest BCUT2D eigenvalue weighted by Crippen LogP contribution is 2.42. The van der Waals surface area contributed by atoms with Crippen LogP contribution in [0.25, 0.3) is 0 Å². The van der Waals surface area contributed by atoms with Crippen LogP contribution in [-0.4, -0.2) is 30.5 Å². The van der Waals surface area contributed by atoms with Gasteiger partial charge in [0.25, 0.3) is 10.1 Å². The Labute approximate surface area is 142 Å². The Morgan fingerprint density at radius 3 is 2.25 bits per heavy atom. The van der Waals surface area contributed by atoms with E-state index >= 15 is 0 Å². The van der Waals surface area contributed by atoms with Crippen LogP contribution in [0.3, 0.4) is 0 Å². The van der Waals surface area contributed by atoms with Crippen molar-refractivity contribution in [3.05, 3.63) is 28.8 Å².